The lowest BCUT2D eigenvalue weighted by Gasteiger charge is -2.27. The molecule has 3 aromatic rings. The molecule has 8 nitrogen and oxygen atoms in total. The number of sulfone groups is 1. The highest BCUT2D eigenvalue weighted by atomic mass is 32.2. The maximum atomic E-state index is 13.7. The second-order valence-electron chi connectivity index (χ2n) is 8.05. The van der Waals surface area contributed by atoms with E-state index in [2.05, 4.69) is 5.16 Å². The number of fused-ring (bicyclic) bond motifs is 1. The lowest BCUT2D eigenvalue weighted by molar-refractivity contribution is 0.0670. The van der Waals surface area contributed by atoms with Gasteiger partial charge in [0.2, 0.25) is 0 Å². The molecule has 2 aromatic carbocycles. The lowest BCUT2D eigenvalue weighted by Crippen LogP contribution is -2.40. The Balaban J connectivity index is 1.43. The van der Waals surface area contributed by atoms with Gasteiger partial charge in [-0.05, 0) is 42.3 Å². The van der Waals surface area contributed by atoms with Crippen LogP contribution in [0.15, 0.2) is 53.1 Å². The van der Waals surface area contributed by atoms with Gasteiger partial charge in [0.1, 0.15) is 19.0 Å². The van der Waals surface area contributed by atoms with Crippen LogP contribution in [0.25, 0.3) is 11.3 Å². The van der Waals surface area contributed by atoms with Gasteiger partial charge in [0.05, 0.1) is 11.5 Å². The largest absolute Gasteiger partial charge is 0.486 e. The van der Waals surface area contributed by atoms with Crippen molar-refractivity contribution in [3.8, 4) is 22.8 Å². The van der Waals surface area contributed by atoms with Gasteiger partial charge in [0.15, 0.2) is 32.8 Å². The molecule has 0 spiro atoms. The second-order valence-corrected chi connectivity index (χ2v) is 10.3. The van der Waals surface area contributed by atoms with Crippen LogP contribution in [0.3, 0.4) is 0 Å². The van der Waals surface area contributed by atoms with E-state index in [0.29, 0.717) is 48.0 Å². The van der Waals surface area contributed by atoms with Gasteiger partial charge in [-0.2, -0.15) is 0 Å². The smallest absolute Gasteiger partial charge is 0.276 e. The molecule has 2 aliphatic heterocycles. The Hall–Kier alpha value is -3.40. The van der Waals surface area contributed by atoms with Gasteiger partial charge in [-0.25, -0.2) is 12.8 Å². The van der Waals surface area contributed by atoms with Crippen LogP contribution >= 0.6 is 0 Å². The normalized spacial score (nSPS) is 18.8. The molecule has 1 fully saturated rings. The van der Waals surface area contributed by atoms with E-state index < -0.39 is 27.6 Å². The topological polar surface area (TPSA) is 98.9 Å². The molecule has 5 rings (SSSR count). The minimum atomic E-state index is -3.24. The van der Waals surface area contributed by atoms with E-state index in [1.54, 1.807) is 30.3 Å². The summed E-state index contributed by atoms with van der Waals surface area (Å²) in [6.45, 7) is 0.976. The highest BCUT2D eigenvalue weighted by Crippen LogP contribution is 2.35. The van der Waals surface area contributed by atoms with Crippen molar-refractivity contribution in [2.45, 2.75) is 19.0 Å². The molecule has 0 radical (unpaired) electrons. The summed E-state index contributed by atoms with van der Waals surface area (Å²) in [5.74, 6) is 0.527. The average molecular weight is 472 g/mol. The van der Waals surface area contributed by atoms with Crippen molar-refractivity contribution in [1.29, 1.82) is 0 Å². The van der Waals surface area contributed by atoms with Gasteiger partial charge in [-0.1, -0.05) is 17.3 Å². The van der Waals surface area contributed by atoms with Crippen molar-refractivity contribution in [3.05, 3.63) is 65.6 Å². The van der Waals surface area contributed by atoms with E-state index in [-0.39, 0.29) is 23.7 Å². The van der Waals surface area contributed by atoms with Crippen LogP contribution in [0.2, 0.25) is 0 Å². The number of benzene rings is 2. The molecule has 0 aliphatic carbocycles. The number of aromatic nitrogens is 1. The third-order valence-electron chi connectivity index (χ3n) is 5.71. The van der Waals surface area contributed by atoms with Gasteiger partial charge in [-0.3, -0.25) is 4.79 Å². The van der Waals surface area contributed by atoms with Crippen molar-refractivity contribution in [1.82, 2.24) is 10.1 Å². The molecular weight excluding hydrogens is 451 g/mol. The van der Waals surface area contributed by atoms with Gasteiger partial charge in [0.25, 0.3) is 5.91 Å². The Morgan fingerprint density at radius 2 is 1.91 bits per heavy atom. The van der Waals surface area contributed by atoms with Crippen molar-refractivity contribution >= 4 is 15.7 Å². The first kappa shape index (κ1) is 21.4. The molecule has 0 N–H and O–H groups in total. The Labute approximate surface area is 189 Å². The molecule has 1 atom stereocenters. The average Bonchev–Trinajstić information content (AvgIpc) is 3.43. The van der Waals surface area contributed by atoms with Gasteiger partial charge in [-0.15, -0.1) is 0 Å². The standard InChI is InChI=1S/C23H21FN2O6S/c24-17-3-1-2-15(10-17)13-26(18-6-9-33(28,29)14-18)23(27)19-12-21(32-25-19)16-4-5-20-22(11-16)31-8-7-30-20/h1-5,10-12,18H,6-9,13-14H2/t18-/m0/s1. The van der Waals surface area contributed by atoms with Crippen molar-refractivity contribution in [3.63, 3.8) is 0 Å². The number of rotatable bonds is 5. The zero-order valence-corrected chi connectivity index (χ0v) is 18.4. The lowest BCUT2D eigenvalue weighted by atomic mass is 10.1. The molecule has 1 saturated heterocycles. The molecule has 0 bridgehead atoms. The summed E-state index contributed by atoms with van der Waals surface area (Å²) in [6.07, 6.45) is 0.316. The van der Waals surface area contributed by atoms with Crippen LogP contribution in [-0.2, 0) is 16.4 Å². The molecule has 3 heterocycles. The Morgan fingerprint density at radius 3 is 2.67 bits per heavy atom. The zero-order chi connectivity index (χ0) is 23.0. The van der Waals surface area contributed by atoms with Gasteiger partial charge >= 0.3 is 0 Å². The number of ether oxygens (including phenoxy) is 2. The Kier molecular flexibility index (Phi) is 5.53. The fraction of sp³-hybridized carbons (Fsp3) is 0.304. The molecule has 33 heavy (non-hydrogen) atoms. The number of nitrogens with zero attached hydrogens (tertiary/aromatic N) is 2. The highest BCUT2D eigenvalue weighted by molar-refractivity contribution is 7.91. The van der Waals surface area contributed by atoms with E-state index in [0.717, 1.165) is 0 Å². The monoisotopic (exact) mass is 472 g/mol. The molecule has 1 amide bonds. The maximum absolute atomic E-state index is 13.7. The molecule has 172 valence electrons. The second kappa shape index (κ2) is 8.51. The highest BCUT2D eigenvalue weighted by Gasteiger charge is 2.36. The minimum absolute atomic E-state index is 0.00581. The Bertz CT molecular complexity index is 1310. The van der Waals surface area contributed by atoms with E-state index in [1.807, 2.05) is 0 Å². The first-order chi connectivity index (χ1) is 15.9. The Morgan fingerprint density at radius 1 is 1.09 bits per heavy atom. The van der Waals surface area contributed by atoms with Crippen LogP contribution in [-0.4, -0.2) is 55.1 Å². The predicted octanol–water partition coefficient (Wildman–Crippen LogP) is 3.08. The van der Waals surface area contributed by atoms with Crippen LogP contribution < -0.4 is 9.47 Å². The summed E-state index contributed by atoms with van der Waals surface area (Å²) in [6, 6.07) is 12.1. The summed E-state index contributed by atoms with van der Waals surface area (Å²) in [7, 11) is -3.24. The molecule has 2 aliphatic rings. The fourth-order valence-corrected chi connectivity index (χ4v) is 5.81. The number of carbonyl (C=O) groups excluding carboxylic acids is 1. The molecule has 0 saturated carbocycles. The van der Waals surface area contributed by atoms with Gasteiger partial charge < -0.3 is 18.9 Å². The van der Waals surface area contributed by atoms with Crippen LogP contribution in [0.5, 0.6) is 11.5 Å². The summed E-state index contributed by atoms with van der Waals surface area (Å²) < 4.78 is 54.4. The number of hydrogen-bond acceptors (Lipinski definition) is 7. The minimum Gasteiger partial charge on any atom is -0.486 e. The maximum Gasteiger partial charge on any atom is 0.276 e. The summed E-state index contributed by atoms with van der Waals surface area (Å²) in [5.41, 5.74) is 1.26. The SMILES string of the molecule is O=C(c1cc(-c2ccc3c(c2)OCCO3)on1)N(Cc1cccc(F)c1)[C@H]1CCS(=O)(=O)C1. The number of amides is 1. The quantitative estimate of drug-likeness (QED) is 0.563. The number of hydrogen-bond donors (Lipinski definition) is 0. The van der Waals surface area contributed by atoms with Gasteiger partial charge in [0, 0.05) is 24.2 Å². The zero-order valence-electron chi connectivity index (χ0n) is 17.6. The molecular formula is C23H21FN2O6S. The first-order valence-electron chi connectivity index (χ1n) is 10.5. The predicted molar refractivity (Wildman–Crippen MR) is 116 cm³/mol. The third-order valence-corrected chi connectivity index (χ3v) is 7.46. The van der Waals surface area contributed by atoms with Crippen molar-refractivity contribution < 1.29 is 31.6 Å². The fourth-order valence-electron chi connectivity index (χ4n) is 4.08. The van der Waals surface area contributed by atoms with Crippen LogP contribution in [0.1, 0.15) is 22.5 Å². The summed E-state index contributed by atoms with van der Waals surface area (Å²) in [4.78, 5) is 14.8. The van der Waals surface area contributed by atoms with Crippen LogP contribution in [0.4, 0.5) is 4.39 Å². The van der Waals surface area contributed by atoms with E-state index in [9.17, 15) is 17.6 Å². The van der Waals surface area contributed by atoms with Crippen molar-refractivity contribution in [2.75, 3.05) is 24.7 Å². The third kappa shape index (κ3) is 4.56. The van der Waals surface area contributed by atoms with E-state index in [1.165, 1.54) is 23.1 Å². The summed E-state index contributed by atoms with van der Waals surface area (Å²) in [5, 5.41) is 3.93. The van der Waals surface area contributed by atoms with E-state index >= 15 is 0 Å². The number of halogens is 1. The first-order valence-corrected chi connectivity index (χ1v) is 12.3. The number of carbonyl (C=O) groups is 1. The van der Waals surface area contributed by atoms with E-state index in [4.69, 9.17) is 14.0 Å². The van der Waals surface area contributed by atoms with Crippen molar-refractivity contribution in [2.24, 2.45) is 0 Å². The molecule has 1 aromatic heterocycles. The van der Waals surface area contributed by atoms with Crippen LogP contribution in [0, 0.1) is 5.82 Å². The summed E-state index contributed by atoms with van der Waals surface area (Å²) >= 11 is 0. The molecule has 0 unspecified atom stereocenters. The molecule has 10 heteroatoms.